The summed E-state index contributed by atoms with van der Waals surface area (Å²) in [4.78, 5) is 13.6. The number of hydrogen-bond donors (Lipinski definition) is 2. The molecule has 0 atom stereocenters. The molecule has 0 unspecified atom stereocenters. The van der Waals surface area contributed by atoms with Crippen LogP contribution in [0.1, 0.15) is 32.1 Å². The number of carbonyl (C=O) groups is 1. The van der Waals surface area contributed by atoms with Crippen LogP contribution in [0.2, 0.25) is 0 Å². The molecule has 0 heterocycles. The largest absolute Gasteiger partial charge is 0.296 e. The van der Waals surface area contributed by atoms with E-state index in [1.165, 1.54) is 6.42 Å². The Hall–Kier alpha value is -0.610. The molecule has 4 heteroatoms. The molecule has 0 radical (unpaired) electrons. The van der Waals surface area contributed by atoms with Gasteiger partial charge in [-0.1, -0.05) is 19.3 Å². The number of nitrogens with two attached hydrogens (primary N) is 1. The number of rotatable bonds is 2. The maximum absolute atomic E-state index is 11.7. The minimum absolute atomic E-state index is 0.0443. The summed E-state index contributed by atoms with van der Waals surface area (Å²) in [5.41, 5.74) is 1.92. The van der Waals surface area contributed by atoms with Gasteiger partial charge < -0.3 is 0 Å². The first-order chi connectivity index (χ1) is 6.13. The lowest BCUT2D eigenvalue weighted by Gasteiger charge is -2.40. The first kappa shape index (κ1) is 10.5. The van der Waals surface area contributed by atoms with Crippen molar-refractivity contribution >= 4 is 5.91 Å². The van der Waals surface area contributed by atoms with Crippen molar-refractivity contribution in [1.82, 2.24) is 10.3 Å². The predicted molar refractivity (Wildman–Crippen MR) is 51.8 cm³/mol. The Morgan fingerprint density at radius 2 is 1.85 bits per heavy atom. The minimum atomic E-state index is -0.354. The highest BCUT2D eigenvalue weighted by molar-refractivity contribution is 5.85. The predicted octanol–water partition coefficient (Wildman–Crippen LogP) is 0.241. The molecule has 4 nitrogen and oxygen atoms in total. The average molecular weight is 185 g/mol. The van der Waals surface area contributed by atoms with Crippen LogP contribution in [0.4, 0.5) is 0 Å². The second-order valence-corrected chi connectivity index (χ2v) is 3.96. The van der Waals surface area contributed by atoms with Gasteiger partial charge >= 0.3 is 0 Å². The summed E-state index contributed by atoms with van der Waals surface area (Å²) in [6, 6.07) is 0. The Kier molecular flexibility index (Phi) is 3.27. The SMILES string of the molecule is CN(C)C1(C(=O)NN)CCCCC1. The lowest BCUT2D eigenvalue weighted by atomic mass is 9.80. The summed E-state index contributed by atoms with van der Waals surface area (Å²) < 4.78 is 0. The van der Waals surface area contributed by atoms with E-state index >= 15 is 0 Å². The molecule has 76 valence electrons. The van der Waals surface area contributed by atoms with Crippen LogP contribution in [0, 0.1) is 0 Å². The number of likely N-dealkylation sites (N-methyl/N-ethyl adjacent to an activating group) is 1. The molecule has 0 saturated heterocycles. The normalized spacial score (nSPS) is 21.5. The summed E-state index contributed by atoms with van der Waals surface area (Å²) in [7, 11) is 3.89. The van der Waals surface area contributed by atoms with Gasteiger partial charge in [-0.25, -0.2) is 5.84 Å². The third-order valence-electron chi connectivity index (χ3n) is 3.09. The van der Waals surface area contributed by atoms with Crippen LogP contribution < -0.4 is 11.3 Å². The Morgan fingerprint density at radius 3 is 2.23 bits per heavy atom. The zero-order valence-corrected chi connectivity index (χ0v) is 8.47. The van der Waals surface area contributed by atoms with Gasteiger partial charge in [0.1, 0.15) is 5.54 Å². The van der Waals surface area contributed by atoms with Gasteiger partial charge in [-0.05, 0) is 26.9 Å². The topological polar surface area (TPSA) is 58.4 Å². The summed E-state index contributed by atoms with van der Waals surface area (Å²) in [5.74, 6) is 5.16. The number of hydrazine groups is 1. The van der Waals surface area contributed by atoms with Crippen molar-refractivity contribution in [1.29, 1.82) is 0 Å². The van der Waals surface area contributed by atoms with E-state index in [0.717, 1.165) is 25.7 Å². The Labute approximate surface area is 79.4 Å². The highest BCUT2D eigenvalue weighted by atomic mass is 16.2. The fourth-order valence-electron chi connectivity index (χ4n) is 2.15. The Bertz CT molecular complexity index is 185. The summed E-state index contributed by atoms with van der Waals surface area (Å²) in [5, 5.41) is 0. The van der Waals surface area contributed by atoms with Gasteiger partial charge in [0, 0.05) is 0 Å². The average Bonchev–Trinajstić information content (AvgIpc) is 2.17. The van der Waals surface area contributed by atoms with Crippen molar-refractivity contribution in [2.45, 2.75) is 37.6 Å². The molecule has 13 heavy (non-hydrogen) atoms. The van der Waals surface area contributed by atoms with Gasteiger partial charge in [0.15, 0.2) is 0 Å². The standard InChI is InChI=1S/C9H19N3O/c1-12(2)9(8(13)11-10)6-4-3-5-7-9/h3-7,10H2,1-2H3,(H,11,13). The van der Waals surface area contributed by atoms with Crippen molar-refractivity contribution in [3.8, 4) is 0 Å². The fraction of sp³-hybridized carbons (Fsp3) is 0.889. The van der Waals surface area contributed by atoms with Crippen molar-refractivity contribution in [3.05, 3.63) is 0 Å². The van der Waals surface area contributed by atoms with Crippen molar-refractivity contribution < 1.29 is 4.79 Å². The molecule has 1 saturated carbocycles. The molecule has 1 fully saturated rings. The molecular formula is C9H19N3O. The second kappa shape index (κ2) is 4.07. The molecule has 1 aliphatic carbocycles. The maximum Gasteiger partial charge on any atom is 0.254 e. The molecule has 1 amide bonds. The van der Waals surface area contributed by atoms with E-state index in [1.54, 1.807) is 0 Å². The van der Waals surface area contributed by atoms with Crippen LogP contribution in [0.5, 0.6) is 0 Å². The van der Waals surface area contributed by atoms with Crippen LogP contribution in [0.15, 0.2) is 0 Å². The Morgan fingerprint density at radius 1 is 1.31 bits per heavy atom. The van der Waals surface area contributed by atoms with E-state index in [0.29, 0.717) is 0 Å². The molecular weight excluding hydrogens is 166 g/mol. The molecule has 0 aromatic rings. The smallest absolute Gasteiger partial charge is 0.254 e. The number of carbonyl (C=O) groups excluding carboxylic acids is 1. The van der Waals surface area contributed by atoms with Crippen LogP contribution in [-0.2, 0) is 4.79 Å². The molecule has 1 rings (SSSR count). The monoisotopic (exact) mass is 185 g/mol. The first-order valence-corrected chi connectivity index (χ1v) is 4.82. The van der Waals surface area contributed by atoms with Gasteiger partial charge in [0.25, 0.3) is 5.91 Å². The van der Waals surface area contributed by atoms with E-state index in [9.17, 15) is 4.79 Å². The van der Waals surface area contributed by atoms with Gasteiger partial charge in [0.2, 0.25) is 0 Å². The summed E-state index contributed by atoms with van der Waals surface area (Å²) in [6.45, 7) is 0. The van der Waals surface area contributed by atoms with Gasteiger partial charge in [-0.2, -0.15) is 0 Å². The third-order valence-corrected chi connectivity index (χ3v) is 3.09. The highest BCUT2D eigenvalue weighted by Crippen LogP contribution is 2.32. The lowest BCUT2D eigenvalue weighted by molar-refractivity contribution is -0.134. The van der Waals surface area contributed by atoms with E-state index in [2.05, 4.69) is 5.43 Å². The summed E-state index contributed by atoms with van der Waals surface area (Å²) in [6.07, 6.45) is 5.30. The molecule has 0 aromatic heterocycles. The van der Waals surface area contributed by atoms with E-state index in [4.69, 9.17) is 5.84 Å². The molecule has 0 aromatic carbocycles. The van der Waals surface area contributed by atoms with Crippen LogP contribution in [-0.4, -0.2) is 30.4 Å². The molecule has 0 aliphatic heterocycles. The van der Waals surface area contributed by atoms with Gasteiger partial charge in [-0.15, -0.1) is 0 Å². The third kappa shape index (κ3) is 1.84. The number of nitrogens with one attached hydrogen (secondary N) is 1. The van der Waals surface area contributed by atoms with E-state index < -0.39 is 0 Å². The van der Waals surface area contributed by atoms with Crippen LogP contribution >= 0.6 is 0 Å². The van der Waals surface area contributed by atoms with Gasteiger partial charge in [-0.3, -0.25) is 15.1 Å². The van der Waals surface area contributed by atoms with Crippen molar-refractivity contribution in [3.63, 3.8) is 0 Å². The molecule has 0 bridgehead atoms. The number of nitrogens with zero attached hydrogens (tertiary/aromatic N) is 1. The van der Waals surface area contributed by atoms with Crippen LogP contribution in [0.3, 0.4) is 0 Å². The van der Waals surface area contributed by atoms with Gasteiger partial charge in [0.05, 0.1) is 0 Å². The zero-order chi connectivity index (χ0) is 9.90. The van der Waals surface area contributed by atoms with Crippen molar-refractivity contribution in [2.24, 2.45) is 5.84 Å². The first-order valence-electron chi connectivity index (χ1n) is 4.82. The molecule has 1 aliphatic rings. The van der Waals surface area contributed by atoms with Crippen LogP contribution in [0.25, 0.3) is 0 Å². The summed E-state index contributed by atoms with van der Waals surface area (Å²) >= 11 is 0. The van der Waals surface area contributed by atoms with Crippen molar-refractivity contribution in [2.75, 3.05) is 14.1 Å². The van der Waals surface area contributed by atoms with E-state index in [1.807, 2.05) is 19.0 Å². The number of hydrogen-bond acceptors (Lipinski definition) is 3. The maximum atomic E-state index is 11.7. The highest BCUT2D eigenvalue weighted by Gasteiger charge is 2.40. The fourth-order valence-corrected chi connectivity index (χ4v) is 2.15. The molecule has 0 spiro atoms. The quantitative estimate of drug-likeness (QED) is 0.368. The minimum Gasteiger partial charge on any atom is -0.296 e. The second-order valence-electron chi connectivity index (χ2n) is 3.96. The lowest BCUT2D eigenvalue weighted by Crippen LogP contribution is -2.58. The zero-order valence-electron chi connectivity index (χ0n) is 8.47. The van der Waals surface area contributed by atoms with E-state index in [-0.39, 0.29) is 11.4 Å². The Balaban J connectivity index is 2.79. The number of amides is 1. The molecule has 3 N–H and O–H groups in total.